The van der Waals surface area contributed by atoms with Crippen LogP contribution in [0.5, 0.6) is 0 Å². The molecule has 3 heterocycles. The maximum Gasteiger partial charge on any atom is 0.271 e. The highest BCUT2D eigenvalue weighted by Gasteiger charge is 2.20. The summed E-state index contributed by atoms with van der Waals surface area (Å²) in [6.07, 6.45) is 0.523. The van der Waals surface area contributed by atoms with Crippen LogP contribution in [0.25, 0.3) is 22.3 Å². The Morgan fingerprint density at radius 1 is 1.41 bits per heavy atom. The average molecular weight is 371 g/mol. The molecule has 3 aromatic rings. The van der Waals surface area contributed by atoms with Crippen molar-refractivity contribution < 1.29 is 14.3 Å². The Morgan fingerprint density at radius 2 is 2.26 bits per heavy atom. The second kappa shape index (κ2) is 7.13. The quantitative estimate of drug-likeness (QED) is 0.635. The van der Waals surface area contributed by atoms with Gasteiger partial charge in [-0.05, 0) is 36.8 Å². The third-order valence-electron chi connectivity index (χ3n) is 4.93. The molecule has 8 heteroatoms. The Morgan fingerprint density at radius 3 is 3.04 bits per heavy atom. The molecule has 27 heavy (non-hydrogen) atoms. The van der Waals surface area contributed by atoms with Crippen molar-refractivity contribution in [2.75, 3.05) is 26.2 Å². The van der Waals surface area contributed by atoms with Gasteiger partial charge in [0.2, 0.25) is 0 Å². The van der Waals surface area contributed by atoms with Gasteiger partial charge in [0.15, 0.2) is 5.69 Å². The van der Waals surface area contributed by atoms with Crippen molar-refractivity contribution in [3.05, 3.63) is 41.8 Å². The number of carbonyl (C=O) groups is 1. The van der Waals surface area contributed by atoms with E-state index < -0.39 is 0 Å². The fourth-order valence-corrected chi connectivity index (χ4v) is 3.51. The topological polar surface area (TPSA) is 86.2 Å². The van der Waals surface area contributed by atoms with Gasteiger partial charge in [-0.25, -0.2) is 4.39 Å². The van der Waals surface area contributed by atoms with Gasteiger partial charge in [-0.1, -0.05) is 0 Å². The van der Waals surface area contributed by atoms with Crippen LogP contribution >= 0.6 is 0 Å². The minimum absolute atomic E-state index is 0.237. The summed E-state index contributed by atoms with van der Waals surface area (Å²) in [5.74, 6) is -0.526. The highest BCUT2D eigenvalue weighted by molar-refractivity contribution is 5.94. The molecule has 0 saturated carbocycles. The molecule has 0 spiro atoms. The molecule has 1 amide bonds. The molecule has 142 valence electrons. The number of hydrogen-bond donors (Lipinski definition) is 3. The highest BCUT2D eigenvalue weighted by atomic mass is 19.1. The lowest BCUT2D eigenvalue weighted by molar-refractivity contribution is 0.0943. The van der Waals surface area contributed by atoms with Crippen LogP contribution in [-0.2, 0) is 7.05 Å². The molecular formula is C19H22FN5O2. The Hall–Kier alpha value is -2.71. The van der Waals surface area contributed by atoms with Crippen LogP contribution in [0.2, 0.25) is 0 Å². The number of H-pyrrole nitrogens is 1. The van der Waals surface area contributed by atoms with Crippen molar-refractivity contribution in [2.45, 2.75) is 12.5 Å². The SMILES string of the molecule is Cn1nc(C(=O)NCCN2CC[C@@H](O)C2)cc1-c1cc2cc(F)ccc2[nH]1. The van der Waals surface area contributed by atoms with E-state index in [-0.39, 0.29) is 17.8 Å². The van der Waals surface area contributed by atoms with Crippen molar-refractivity contribution in [3.63, 3.8) is 0 Å². The molecular weight excluding hydrogens is 349 g/mol. The molecule has 7 nitrogen and oxygen atoms in total. The number of nitrogens with one attached hydrogen (secondary N) is 2. The first-order valence-electron chi connectivity index (χ1n) is 9.01. The number of rotatable bonds is 5. The zero-order valence-corrected chi connectivity index (χ0v) is 15.1. The standard InChI is InChI=1S/C19H22FN5O2/c1-24-18(16-9-12-8-13(20)2-3-15(12)22-16)10-17(23-24)19(27)21-5-7-25-6-4-14(26)11-25/h2-3,8-10,14,22,26H,4-7,11H2,1H3,(H,21,27)/t14-/m1/s1. The van der Waals surface area contributed by atoms with E-state index in [0.29, 0.717) is 25.3 Å². The molecule has 0 radical (unpaired) electrons. The van der Waals surface area contributed by atoms with Crippen molar-refractivity contribution in [1.82, 2.24) is 25.0 Å². The lowest BCUT2D eigenvalue weighted by Gasteiger charge is -2.14. The van der Waals surface area contributed by atoms with E-state index in [1.54, 1.807) is 23.9 Å². The lowest BCUT2D eigenvalue weighted by Crippen LogP contribution is -2.34. The van der Waals surface area contributed by atoms with Crippen molar-refractivity contribution in [2.24, 2.45) is 7.05 Å². The van der Waals surface area contributed by atoms with E-state index in [1.165, 1.54) is 12.1 Å². The Kier molecular flexibility index (Phi) is 4.67. The monoisotopic (exact) mass is 371 g/mol. The summed E-state index contributed by atoms with van der Waals surface area (Å²) >= 11 is 0. The second-order valence-corrected chi connectivity index (χ2v) is 6.95. The van der Waals surface area contributed by atoms with E-state index in [1.807, 2.05) is 6.07 Å². The number of β-amino-alcohol motifs (C(OH)–C–C–N with tert-alkyl or cyclic N) is 1. The first kappa shape index (κ1) is 17.7. The molecule has 2 aromatic heterocycles. The predicted molar refractivity (Wildman–Crippen MR) is 99.9 cm³/mol. The average Bonchev–Trinajstić information content (AvgIpc) is 3.32. The molecule has 1 aliphatic heterocycles. The summed E-state index contributed by atoms with van der Waals surface area (Å²) in [4.78, 5) is 17.7. The summed E-state index contributed by atoms with van der Waals surface area (Å²) < 4.78 is 15.0. The third-order valence-corrected chi connectivity index (χ3v) is 4.93. The van der Waals surface area contributed by atoms with Crippen LogP contribution < -0.4 is 5.32 Å². The van der Waals surface area contributed by atoms with E-state index in [2.05, 4.69) is 20.3 Å². The van der Waals surface area contributed by atoms with Crippen molar-refractivity contribution >= 4 is 16.8 Å². The van der Waals surface area contributed by atoms with Gasteiger partial charge in [0, 0.05) is 44.1 Å². The number of halogens is 1. The molecule has 0 bridgehead atoms. The van der Waals surface area contributed by atoms with Gasteiger partial charge in [-0.2, -0.15) is 5.10 Å². The molecule has 1 aliphatic rings. The summed E-state index contributed by atoms with van der Waals surface area (Å²) in [7, 11) is 1.77. The predicted octanol–water partition coefficient (Wildman–Crippen LogP) is 1.50. The van der Waals surface area contributed by atoms with Crippen molar-refractivity contribution in [1.29, 1.82) is 0 Å². The number of hydrogen-bond acceptors (Lipinski definition) is 4. The van der Waals surface area contributed by atoms with E-state index in [0.717, 1.165) is 35.3 Å². The zero-order valence-electron chi connectivity index (χ0n) is 15.1. The zero-order chi connectivity index (χ0) is 19.0. The lowest BCUT2D eigenvalue weighted by atomic mass is 10.2. The second-order valence-electron chi connectivity index (χ2n) is 6.95. The van der Waals surface area contributed by atoms with Crippen LogP contribution in [0.4, 0.5) is 4.39 Å². The normalized spacial score (nSPS) is 17.7. The van der Waals surface area contributed by atoms with Gasteiger partial charge < -0.3 is 15.4 Å². The molecule has 4 rings (SSSR count). The smallest absolute Gasteiger partial charge is 0.271 e. The number of fused-ring (bicyclic) bond motifs is 1. The molecule has 0 aliphatic carbocycles. The first-order valence-corrected chi connectivity index (χ1v) is 9.01. The highest BCUT2D eigenvalue weighted by Crippen LogP contribution is 2.25. The number of benzene rings is 1. The molecule has 1 aromatic carbocycles. The number of aliphatic hydroxyl groups excluding tert-OH is 1. The number of nitrogens with zero attached hydrogens (tertiary/aromatic N) is 3. The van der Waals surface area contributed by atoms with Crippen LogP contribution in [0, 0.1) is 5.82 Å². The van der Waals surface area contributed by atoms with Gasteiger partial charge in [-0.15, -0.1) is 0 Å². The van der Waals surface area contributed by atoms with Gasteiger partial charge in [0.25, 0.3) is 5.91 Å². The largest absolute Gasteiger partial charge is 0.392 e. The molecule has 1 saturated heterocycles. The number of carbonyl (C=O) groups excluding carboxylic acids is 1. The van der Waals surface area contributed by atoms with E-state index in [9.17, 15) is 14.3 Å². The van der Waals surface area contributed by atoms with Gasteiger partial charge in [0.05, 0.1) is 17.5 Å². The fraction of sp³-hybridized carbons (Fsp3) is 0.368. The number of aryl methyl sites for hydroxylation is 1. The van der Waals surface area contributed by atoms with Crippen molar-refractivity contribution in [3.8, 4) is 11.4 Å². The minimum atomic E-state index is -0.288. The number of aromatic amines is 1. The van der Waals surface area contributed by atoms with Crippen LogP contribution in [0.3, 0.4) is 0 Å². The number of amides is 1. The van der Waals surface area contributed by atoms with E-state index >= 15 is 0 Å². The minimum Gasteiger partial charge on any atom is -0.392 e. The molecule has 1 atom stereocenters. The third kappa shape index (κ3) is 3.72. The number of aliphatic hydroxyl groups is 1. The summed E-state index contributed by atoms with van der Waals surface area (Å²) in [6.45, 7) is 2.72. The van der Waals surface area contributed by atoms with Crippen LogP contribution in [-0.4, -0.2) is 63.0 Å². The Balaban J connectivity index is 1.44. The summed E-state index contributed by atoms with van der Waals surface area (Å²) in [6, 6.07) is 8.12. The van der Waals surface area contributed by atoms with Gasteiger partial charge >= 0.3 is 0 Å². The maximum atomic E-state index is 13.4. The van der Waals surface area contributed by atoms with Gasteiger partial charge in [-0.3, -0.25) is 14.4 Å². The summed E-state index contributed by atoms with van der Waals surface area (Å²) in [5.41, 5.74) is 2.68. The fourth-order valence-electron chi connectivity index (χ4n) is 3.51. The van der Waals surface area contributed by atoms with Crippen LogP contribution in [0.15, 0.2) is 30.3 Å². The summed E-state index contributed by atoms with van der Waals surface area (Å²) in [5, 5.41) is 17.5. The molecule has 0 unspecified atom stereocenters. The maximum absolute atomic E-state index is 13.4. The van der Waals surface area contributed by atoms with Gasteiger partial charge in [0.1, 0.15) is 5.82 Å². The Labute approximate surface area is 155 Å². The Bertz CT molecular complexity index is 980. The molecule has 3 N–H and O–H groups in total. The number of aromatic nitrogens is 3. The van der Waals surface area contributed by atoms with Crippen LogP contribution in [0.1, 0.15) is 16.9 Å². The first-order chi connectivity index (χ1) is 13.0. The number of likely N-dealkylation sites (tertiary alicyclic amines) is 1. The van der Waals surface area contributed by atoms with E-state index in [4.69, 9.17) is 0 Å². The molecule has 1 fully saturated rings.